The van der Waals surface area contributed by atoms with Crippen molar-refractivity contribution < 1.29 is 19.4 Å². The minimum Gasteiger partial charge on any atom is -0.480 e. The molecular formula is C17H22N2O4. The topological polar surface area (TPSA) is 71.8 Å². The molecule has 0 unspecified atom stereocenters. The van der Waals surface area contributed by atoms with Crippen molar-refractivity contribution in [2.45, 2.75) is 12.8 Å². The number of carboxylic acids is 1. The van der Waals surface area contributed by atoms with E-state index in [4.69, 9.17) is 9.84 Å². The van der Waals surface area contributed by atoms with Gasteiger partial charge in [-0.2, -0.15) is 0 Å². The number of hydrogen-bond donors (Lipinski definition) is 1. The van der Waals surface area contributed by atoms with Crippen molar-refractivity contribution in [1.29, 1.82) is 0 Å². The zero-order valence-corrected chi connectivity index (χ0v) is 13.5. The van der Waals surface area contributed by atoms with Crippen molar-refractivity contribution in [2.24, 2.45) is 7.05 Å². The van der Waals surface area contributed by atoms with E-state index in [1.807, 2.05) is 42.1 Å². The standard InChI is InChI=1S/C17H22N2O4/c1-18-11-13(14-5-3-4-6-15(14)18)7-8-16(20)19(9-10-23-2)12-17(21)22/h3-6,11H,7-10,12H2,1-2H3,(H,21,22). The smallest absolute Gasteiger partial charge is 0.323 e. The predicted octanol–water partition coefficient (Wildman–Crippen LogP) is 1.67. The van der Waals surface area contributed by atoms with Crippen molar-refractivity contribution in [2.75, 3.05) is 26.8 Å². The van der Waals surface area contributed by atoms with Crippen LogP contribution in [-0.4, -0.2) is 53.3 Å². The maximum atomic E-state index is 12.3. The quantitative estimate of drug-likeness (QED) is 0.803. The Morgan fingerprint density at radius 3 is 2.74 bits per heavy atom. The van der Waals surface area contributed by atoms with Crippen LogP contribution in [0.5, 0.6) is 0 Å². The van der Waals surface area contributed by atoms with Gasteiger partial charge < -0.3 is 19.3 Å². The number of ether oxygens (including phenoxy) is 1. The molecule has 0 aliphatic heterocycles. The highest BCUT2D eigenvalue weighted by Gasteiger charge is 2.17. The lowest BCUT2D eigenvalue weighted by Crippen LogP contribution is -2.38. The van der Waals surface area contributed by atoms with E-state index in [0.29, 0.717) is 13.0 Å². The van der Waals surface area contributed by atoms with Gasteiger partial charge in [-0.1, -0.05) is 18.2 Å². The lowest BCUT2D eigenvalue weighted by Gasteiger charge is -2.20. The summed E-state index contributed by atoms with van der Waals surface area (Å²) < 4.78 is 6.97. The van der Waals surface area contributed by atoms with Crippen molar-refractivity contribution in [3.8, 4) is 0 Å². The van der Waals surface area contributed by atoms with Crippen LogP contribution in [0.4, 0.5) is 0 Å². The third-order valence-electron chi connectivity index (χ3n) is 3.83. The molecule has 124 valence electrons. The Bertz CT molecular complexity index is 693. The molecular weight excluding hydrogens is 296 g/mol. The number of benzene rings is 1. The first-order chi connectivity index (χ1) is 11.0. The van der Waals surface area contributed by atoms with Gasteiger partial charge in [0.1, 0.15) is 6.54 Å². The third-order valence-corrected chi connectivity index (χ3v) is 3.83. The van der Waals surface area contributed by atoms with Gasteiger partial charge in [0.05, 0.1) is 6.61 Å². The number of fused-ring (bicyclic) bond motifs is 1. The van der Waals surface area contributed by atoms with E-state index in [2.05, 4.69) is 0 Å². The summed E-state index contributed by atoms with van der Waals surface area (Å²) in [6.45, 7) is 0.322. The molecule has 0 bridgehead atoms. The van der Waals surface area contributed by atoms with Gasteiger partial charge in [0.2, 0.25) is 5.91 Å². The Morgan fingerprint density at radius 1 is 1.30 bits per heavy atom. The summed E-state index contributed by atoms with van der Waals surface area (Å²) in [5.74, 6) is -1.18. The maximum absolute atomic E-state index is 12.3. The van der Waals surface area contributed by atoms with Gasteiger partial charge >= 0.3 is 5.97 Å². The zero-order chi connectivity index (χ0) is 16.8. The minimum atomic E-state index is -1.01. The number of nitrogens with zero attached hydrogens (tertiary/aromatic N) is 2. The van der Waals surface area contributed by atoms with E-state index < -0.39 is 5.97 Å². The van der Waals surface area contributed by atoms with Gasteiger partial charge in [-0.15, -0.1) is 0 Å². The number of rotatable bonds is 8. The van der Waals surface area contributed by atoms with Gasteiger partial charge in [-0.25, -0.2) is 0 Å². The summed E-state index contributed by atoms with van der Waals surface area (Å²) in [6, 6.07) is 8.03. The van der Waals surface area contributed by atoms with Gasteiger partial charge in [0.25, 0.3) is 0 Å². The third kappa shape index (κ3) is 4.32. The van der Waals surface area contributed by atoms with Crippen LogP contribution in [0.15, 0.2) is 30.5 Å². The fourth-order valence-corrected chi connectivity index (χ4v) is 2.68. The number of carbonyl (C=O) groups excluding carboxylic acids is 1. The normalized spacial score (nSPS) is 10.9. The van der Waals surface area contributed by atoms with E-state index in [9.17, 15) is 9.59 Å². The molecule has 0 aliphatic carbocycles. The highest BCUT2D eigenvalue weighted by Crippen LogP contribution is 2.21. The van der Waals surface area contributed by atoms with Crippen LogP contribution in [0.1, 0.15) is 12.0 Å². The molecule has 1 N–H and O–H groups in total. The SMILES string of the molecule is COCCN(CC(=O)O)C(=O)CCc1cn(C)c2ccccc12. The fourth-order valence-electron chi connectivity index (χ4n) is 2.68. The molecule has 6 heteroatoms. The molecule has 6 nitrogen and oxygen atoms in total. The van der Waals surface area contributed by atoms with Crippen LogP contribution in [-0.2, 0) is 27.8 Å². The largest absolute Gasteiger partial charge is 0.480 e. The minimum absolute atomic E-state index is 0.169. The molecule has 1 aromatic carbocycles. The Morgan fingerprint density at radius 2 is 2.04 bits per heavy atom. The predicted molar refractivity (Wildman–Crippen MR) is 87.3 cm³/mol. The molecule has 0 saturated carbocycles. The van der Waals surface area contributed by atoms with Crippen LogP contribution in [0, 0.1) is 0 Å². The van der Waals surface area contributed by atoms with Crippen LogP contribution in [0.2, 0.25) is 0 Å². The molecule has 0 spiro atoms. The summed E-state index contributed by atoms with van der Waals surface area (Å²) in [5.41, 5.74) is 2.22. The number of para-hydroxylation sites is 1. The Kier molecular flexibility index (Phi) is 5.76. The highest BCUT2D eigenvalue weighted by molar-refractivity contribution is 5.85. The summed E-state index contributed by atoms with van der Waals surface area (Å²) in [5, 5.41) is 10.1. The van der Waals surface area contributed by atoms with E-state index in [0.717, 1.165) is 16.5 Å². The van der Waals surface area contributed by atoms with E-state index >= 15 is 0 Å². The number of carbonyl (C=O) groups is 2. The Balaban J connectivity index is 2.04. The monoisotopic (exact) mass is 318 g/mol. The van der Waals surface area contributed by atoms with E-state index in [-0.39, 0.29) is 25.4 Å². The number of carboxylic acid groups (broad SMARTS) is 1. The first-order valence-electron chi connectivity index (χ1n) is 7.54. The molecule has 0 radical (unpaired) electrons. The number of aliphatic carboxylic acids is 1. The van der Waals surface area contributed by atoms with Crippen LogP contribution in [0.3, 0.4) is 0 Å². The molecule has 0 saturated heterocycles. The number of hydrogen-bond acceptors (Lipinski definition) is 3. The first kappa shape index (κ1) is 17.0. The molecule has 2 rings (SSSR count). The lowest BCUT2D eigenvalue weighted by atomic mass is 10.1. The second-order valence-electron chi connectivity index (χ2n) is 5.48. The summed E-state index contributed by atoms with van der Waals surface area (Å²) >= 11 is 0. The summed E-state index contributed by atoms with van der Waals surface area (Å²) in [7, 11) is 3.50. The van der Waals surface area contributed by atoms with Crippen LogP contribution >= 0.6 is 0 Å². The average molecular weight is 318 g/mol. The van der Waals surface area contributed by atoms with E-state index in [1.165, 1.54) is 12.0 Å². The van der Waals surface area contributed by atoms with Gasteiger partial charge in [0.15, 0.2) is 0 Å². The van der Waals surface area contributed by atoms with Crippen LogP contribution < -0.4 is 0 Å². The maximum Gasteiger partial charge on any atom is 0.323 e. The van der Waals surface area contributed by atoms with Crippen molar-refractivity contribution in [3.63, 3.8) is 0 Å². The molecule has 0 atom stereocenters. The lowest BCUT2D eigenvalue weighted by molar-refractivity contribution is -0.144. The Labute approximate surface area is 135 Å². The van der Waals surface area contributed by atoms with Gasteiger partial charge in [0, 0.05) is 44.2 Å². The number of aromatic nitrogens is 1. The first-order valence-corrected chi connectivity index (χ1v) is 7.54. The molecule has 23 heavy (non-hydrogen) atoms. The second kappa shape index (κ2) is 7.78. The number of methoxy groups -OCH3 is 1. The van der Waals surface area contributed by atoms with Crippen molar-refractivity contribution in [1.82, 2.24) is 9.47 Å². The fraction of sp³-hybridized carbons (Fsp3) is 0.412. The number of aryl methyl sites for hydroxylation is 2. The zero-order valence-electron chi connectivity index (χ0n) is 13.5. The van der Waals surface area contributed by atoms with Crippen LogP contribution in [0.25, 0.3) is 10.9 Å². The Hall–Kier alpha value is -2.34. The molecule has 1 heterocycles. The molecule has 0 aliphatic rings. The molecule has 1 amide bonds. The summed E-state index contributed by atoms with van der Waals surface area (Å²) in [6.07, 6.45) is 2.89. The van der Waals surface area contributed by atoms with Gasteiger partial charge in [-0.05, 0) is 18.1 Å². The highest BCUT2D eigenvalue weighted by atomic mass is 16.5. The van der Waals surface area contributed by atoms with Gasteiger partial charge in [-0.3, -0.25) is 9.59 Å². The second-order valence-corrected chi connectivity index (χ2v) is 5.48. The van der Waals surface area contributed by atoms with E-state index in [1.54, 1.807) is 0 Å². The van der Waals surface area contributed by atoms with Crippen molar-refractivity contribution >= 4 is 22.8 Å². The average Bonchev–Trinajstić information content (AvgIpc) is 2.85. The molecule has 0 fully saturated rings. The summed E-state index contributed by atoms with van der Waals surface area (Å²) in [4.78, 5) is 24.5. The molecule has 1 aromatic heterocycles. The van der Waals surface area contributed by atoms with Crippen molar-refractivity contribution in [3.05, 3.63) is 36.0 Å². The molecule has 2 aromatic rings. The number of amides is 1.